The monoisotopic (exact) mass is 277 g/mol. The predicted octanol–water partition coefficient (Wildman–Crippen LogP) is 2.08. The highest BCUT2D eigenvalue weighted by Crippen LogP contribution is 2.20. The molecule has 1 saturated heterocycles. The molecule has 110 valence electrons. The van der Waals surface area contributed by atoms with E-state index in [1.54, 1.807) is 6.92 Å². The van der Waals surface area contributed by atoms with E-state index in [2.05, 4.69) is 4.90 Å². The standard InChI is InChI=1S/C16H23NO3/c1-12(16(19)20)15-4-2-13(3-5-15)10-17-8-6-14(11-18)7-9-17/h2-5,12,14,18H,6-11H2,1H3,(H,19,20). The van der Waals surface area contributed by atoms with Crippen molar-refractivity contribution in [2.24, 2.45) is 5.92 Å². The van der Waals surface area contributed by atoms with Crippen LogP contribution in [0.5, 0.6) is 0 Å². The van der Waals surface area contributed by atoms with E-state index in [9.17, 15) is 4.79 Å². The van der Waals surface area contributed by atoms with Gasteiger partial charge < -0.3 is 10.2 Å². The van der Waals surface area contributed by atoms with Gasteiger partial charge in [-0.05, 0) is 49.9 Å². The summed E-state index contributed by atoms with van der Waals surface area (Å²) < 4.78 is 0. The molecule has 1 fully saturated rings. The largest absolute Gasteiger partial charge is 0.481 e. The number of aliphatic carboxylic acids is 1. The van der Waals surface area contributed by atoms with Gasteiger partial charge in [-0.15, -0.1) is 0 Å². The van der Waals surface area contributed by atoms with Crippen LogP contribution >= 0.6 is 0 Å². The number of benzene rings is 1. The fourth-order valence-corrected chi connectivity index (χ4v) is 2.64. The summed E-state index contributed by atoms with van der Waals surface area (Å²) in [6.45, 7) is 4.96. The van der Waals surface area contributed by atoms with Crippen LogP contribution in [0.4, 0.5) is 0 Å². The van der Waals surface area contributed by atoms with Gasteiger partial charge in [-0.25, -0.2) is 0 Å². The first-order valence-corrected chi connectivity index (χ1v) is 7.25. The van der Waals surface area contributed by atoms with Crippen molar-refractivity contribution in [3.05, 3.63) is 35.4 Å². The SMILES string of the molecule is CC(C(=O)O)c1ccc(CN2CCC(CO)CC2)cc1. The van der Waals surface area contributed by atoms with Crippen LogP contribution in [0.3, 0.4) is 0 Å². The predicted molar refractivity (Wildman–Crippen MR) is 77.6 cm³/mol. The quantitative estimate of drug-likeness (QED) is 0.865. The molecule has 2 rings (SSSR count). The molecule has 1 aromatic rings. The van der Waals surface area contributed by atoms with Crippen LogP contribution in [0.2, 0.25) is 0 Å². The second-order valence-corrected chi connectivity index (χ2v) is 5.70. The van der Waals surface area contributed by atoms with Gasteiger partial charge in [-0.2, -0.15) is 0 Å². The van der Waals surface area contributed by atoms with Gasteiger partial charge in [0.05, 0.1) is 5.92 Å². The Morgan fingerprint density at radius 1 is 1.30 bits per heavy atom. The number of nitrogens with zero attached hydrogens (tertiary/aromatic N) is 1. The minimum Gasteiger partial charge on any atom is -0.481 e. The average molecular weight is 277 g/mol. The molecule has 1 unspecified atom stereocenters. The molecule has 0 amide bonds. The molecular weight excluding hydrogens is 254 g/mol. The molecule has 0 bridgehead atoms. The molecule has 1 atom stereocenters. The molecule has 0 aliphatic carbocycles. The van der Waals surface area contributed by atoms with Crippen molar-refractivity contribution in [2.75, 3.05) is 19.7 Å². The Morgan fingerprint density at radius 2 is 1.90 bits per heavy atom. The molecule has 0 saturated carbocycles. The molecule has 1 aliphatic heterocycles. The van der Waals surface area contributed by atoms with E-state index in [-0.39, 0.29) is 0 Å². The summed E-state index contributed by atoms with van der Waals surface area (Å²) in [4.78, 5) is 13.3. The number of carbonyl (C=O) groups is 1. The summed E-state index contributed by atoms with van der Waals surface area (Å²) in [6.07, 6.45) is 2.12. The molecule has 0 spiro atoms. The van der Waals surface area contributed by atoms with Crippen molar-refractivity contribution >= 4 is 5.97 Å². The van der Waals surface area contributed by atoms with Gasteiger partial charge in [0.1, 0.15) is 0 Å². The number of aliphatic hydroxyl groups excluding tert-OH is 1. The molecular formula is C16H23NO3. The van der Waals surface area contributed by atoms with Crippen LogP contribution in [-0.2, 0) is 11.3 Å². The van der Waals surface area contributed by atoms with Crippen LogP contribution < -0.4 is 0 Å². The Hall–Kier alpha value is -1.39. The van der Waals surface area contributed by atoms with E-state index >= 15 is 0 Å². The zero-order valence-corrected chi connectivity index (χ0v) is 12.0. The Kier molecular flexibility index (Phi) is 5.15. The smallest absolute Gasteiger partial charge is 0.310 e. The number of hydrogen-bond acceptors (Lipinski definition) is 3. The minimum atomic E-state index is -0.788. The third kappa shape index (κ3) is 3.81. The van der Waals surface area contributed by atoms with E-state index in [1.807, 2.05) is 24.3 Å². The summed E-state index contributed by atoms with van der Waals surface area (Å²) in [5.74, 6) is -0.779. The van der Waals surface area contributed by atoms with E-state index < -0.39 is 11.9 Å². The van der Waals surface area contributed by atoms with Gasteiger partial charge in [0.2, 0.25) is 0 Å². The first kappa shape index (κ1) is 15.0. The normalized spacial score (nSPS) is 18.9. The molecule has 1 aliphatic rings. The van der Waals surface area contributed by atoms with Gasteiger partial charge in [0.15, 0.2) is 0 Å². The molecule has 2 N–H and O–H groups in total. The highest BCUT2D eigenvalue weighted by atomic mass is 16.4. The summed E-state index contributed by atoms with van der Waals surface area (Å²) in [6, 6.07) is 7.86. The number of carboxylic acids is 1. The van der Waals surface area contributed by atoms with E-state index in [0.29, 0.717) is 12.5 Å². The first-order chi connectivity index (χ1) is 9.60. The van der Waals surface area contributed by atoms with Crippen molar-refractivity contribution in [1.29, 1.82) is 0 Å². The van der Waals surface area contributed by atoms with Crippen molar-refractivity contribution in [3.63, 3.8) is 0 Å². The molecule has 1 aromatic carbocycles. The number of carboxylic acid groups (broad SMARTS) is 1. The summed E-state index contributed by atoms with van der Waals surface area (Å²) in [7, 11) is 0. The molecule has 4 heteroatoms. The molecule has 0 aromatic heterocycles. The Bertz CT molecular complexity index is 436. The fourth-order valence-electron chi connectivity index (χ4n) is 2.64. The number of likely N-dealkylation sites (tertiary alicyclic amines) is 1. The van der Waals surface area contributed by atoms with Crippen LogP contribution in [0.15, 0.2) is 24.3 Å². The van der Waals surface area contributed by atoms with Gasteiger partial charge in [-0.1, -0.05) is 24.3 Å². The molecule has 1 heterocycles. The van der Waals surface area contributed by atoms with Crippen LogP contribution in [0.25, 0.3) is 0 Å². The second kappa shape index (κ2) is 6.86. The van der Waals surface area contributed by atoms with Crippen molar-refractivity contribution in [2.45, 2.75) is 32.2 Å². The lowest BCUT2D eigenvalue weighted by Crippen LogP contribution is -2.34. The highest BCUT2D eigenvalue weighted by Gasteiger charge is 2.18. The summed E-state index contributed by atoms with van der Waals surface area (Å²) >= 11 is 0. The van der Waals surface area contributed by atoms with Crippen molar-refractivity contribution < 1.29 is 15.0 Å². The molecule has 4 nitrogen and oxygen atoms in total. The maximum Gasteiger partial charge on any atom is 0.310 e. The van der Waals surface area contributed by atoms with E-state index in [4.69, 9.17) is 10.2 Å². The first-order valence-electron chi connectivity index (χ1n) is 7.25. The van der Waals surface area contributed by atoms with Crippen LogP contribution in [-0.4, -0.2) is 40.8 Å². The topological polar surface area (TPSA) is 60.8 Å². The summed E-state index contributed by atoms with van der Waals surface area (Å²) in [5.41, 5.74) is 2.06. The third-order valence-corrected chi connectivity index (χ3v) is 4.22. The number of rotatable bonds is 5. The zero-order valence-electron chi connectivity index (χ0n) is 12.0. The van der Waals surface area contributed by atoms with Gasteiger partial charge >= 0.3 is 5.97 Å². The Balaban J connectivity index is 1.89. The van der Waals surface area contributed by atoms with Gasteiger partial charge in [-0.3, -0.25) is 9.69 Å². The maximum atomic E-state index is 10.9. The Labute approximate surface area is 120 Å². The van der Waals surface area contributed by atoms with Crippen molar-refractivity contribution in [1.82, 2.24) is 4.90 Å². The van der Waals surface area contributed by atoms with E-state index in [0.717, 1.165) is 38.0 Å². The molecule has 0 radical (unpaired) electrons. The van der Waals surface area contributed by atoms with E-state index in [1.165, 1.54) is 5.56 Å². The number of aliphatic hydroxyl groups is 1. The average Bonchev–Trinajstić information content (AvgIpc) is 2.48. The highest BCUT2D eigenvalue weighted by molar-refractivity contribution is 5.75. The van der Waals surface area contributed by atoms with Crippen LogP contribution in [0.1, 0.15) is 36.8 Å². The Morgan fingerprint density at radius 3 is 2.40 bits per heavy atom. The fraction of sp³-hybridized carbons (Fsp3) is 0.562. The van der Waals surface area contributed by atoms with Gasteiger partial charge in [0.25, 0.3) is 0 Å². The lowest BCUT2D eigenvalue weighted by Gasteiger charge is -2.31. The third-order valence-electron chi connectivity index (χ3n) is 4.22. The lowest BCUT2D eigenvalue weighted by atomic mass is 9.97. The van der Waals surface area contributed by atoms with Crippen LogP contribution in [0, 0.1) is 5.92 Å². The minimum absolute atomic E-state index is 0.301. The van der Waals surface area contributed by atoms with Crippen molar-refractivity contribution in [3.8, 4) is 0 Å². The molecule has 20 heavy (non-hydrogen) atoms. The van der Waals surface area contributed by atoms with Gasteiger partial charge in [0, 0.05) is 13.2 Å². The number of piperidine rings is 1. The number of hydrogen-bond donors (Lipinski definition) is 2. The lowest BCUT2D eigenvalue weighted by molar-refractivity contribution is -0.138. The summed E-state index contributed by atoms with van der Waals surface area (Å²) in [5, 5.41) is 18.1. The zero-order chi connectivity index (χ0) is 14.5. The maximum absolute atomic E-state index is 10.9. The second-order valence-electron chi connectivity index (χ2n) is 5.70.